The molecule has 0 aromatic carbocycles. The van der Waals surface area contributed by atoms with Crippen LogP contribution in [0.2, 0.25) is 0 Å². The first-order valence-corrected chi connectivity index (χ1v) is 5.08. The normalized spacial score (nSPS) is 32.0. The Morgan fingerprint density at radius 2 is 1.80 bits per heavy atom. The topological polar surface area (TPSA) is 59.0 Å². The predicted octanol–water partition coefficient (Wildman–Crippen LogP) is -0.273. The van der Waals surface area contributed by atoms with Crippen molar-refractivity contribution < 1.29 is 19.4 Å². The van der Waals surface area contributed by atoms with Gasteiger partial charge in [-0.25, -0.2) is 4.79 Å². The molecule has 0 aromatic rings. The Labute approximate surface area is 88.3 Å². The van der Waals surface area contributed by atoms with Crippen molar-refractivity contribution in [3.8, 4) is 0 Å². The molecule has 0 saturated carbocycles. The number of ether oxygens (including phenoxy) is 2. The molecule has 2 aliphatic rings. The van der Waals surface area contributed by atoms with E-state index < -0.39 is 5.97 Å². The number of hydrogen-bond acceptors (Lipinski definition) is 4. The minimum atomic E-state index is -0.898. The Morgan fingerprint density at radius 1 is 1.27 bits per heavy atom. The monoisotopic (exact) mass is 213 g/mol. The molecule has 0 atom stereocenters. The second kappa shape index (κ2) is 4.74. The van der Waals surface area contributed by atoms with Crippen LogP contribution in [-0.4, -0.2) is 61.0 Å². The van der Waals surface area contributed by atoms with E-state index in [9.17, 15) is 4.79 Å². The lowest BCUT2D eigenvalue weighted by Gasteiger charge is -2.44. The van der Waals surface area contributed by atoms with E-state index in [2.05, 4.69) is 4.90 Å². The van der Waals surface area contributed by atoms with Gasteiger partial charge in [0.05, 0.1) is 38.5 Å². The lowest BCUT2D eigenvalue weighted by Crippen LogP contribution is -2.59. The maximum Gasteiger partial charge on any atom is 0.328 e. The van der Waals surface area contributed by atoms with Crippen LogP contribution in [0.1, 0.15) is 0 Å². The lowest BCUT2D eigenvalue weighted by molar-refractivity contribution is -0.133. The van der Waals surface area contributed by atoms with E-state index >= 15 is 0 Å². The molecule has 5 heteroatoms. The van der Waals surface area contributed by atoms with Crippen molar-refractivity contribution in [3.63, 3.8) is 0 Å². The summed E-state index contributed by atoms with van der Waals surface area (Å²) in [6.07, 6.45) is 2.87. The molecule has 5 nitrogen and oxygen atoms in total. The summed E-state index contributed by atoms with van der Waals surface area (Å²) in [5.74, 6) is -0.898. The van der Waals surface area contributed by atoms with E-state index in [1.807, 2.05) is 0 Å². The van der Waals surface area contributed by atoms with Crippen molar-refractivity contribution >= 4 is 5.97 Å². The fraction of sp³-hybridized carbons (Fsp3) is 0.700. The zero-order chi connectivity index (χ0) is 10.7. The zero-order valence-corrected chi connectivity index (χ0v) is 8.46. The third kappa shape index (κ3) is 2.56. The Hall–Kier alpha value is -0.910. The highest BCUT2D eigenvalue weighted by Gasteiger charge is 2.34. The number of nitrogens with zero attached hydrogens (tertiary/aromatic N) is 1. The van der Waals surface area contributed by atoms with Gasteiger partial charge >= 0.3 is 5.97 Å². The Kier molecular flexibility index (Phi) is 3.35. The average Bonchev–Trinajstić information content (AvgIpc) is 2.16. The molecule has 0 aromatic heterocycles. The third-order valence-corrected chi connectivity index (χ3v) is 2.76. The summed E-state index contributed by atoms with van der Waals surface area (Å²) in [4.78, 5) is 12.6. The Morgan fingerprint density at radius 3 is 2.27 bits per heavy atom. The highest BCUT2D eigenvalue weighted by atomic mass is 16.5. The van der Waals surface area contributed by atoms with Gasteiger partial charge in [0, 0.05) is 12.6 Å². The van der Waals surface area contributed by atoms with Gasteiger partial charge in [-0.1, -0.05) is 6.08 Å². The van der Waals surface area contributed by atoms with E-state index in [1.165, 1.54) is 6.08 Å². The van der Waals surface area contributed by atoms with Crippen molar-refractivity contribution in [3.05, 3.63) is 12.2 Å². The molecule has 15 heavy (non-hydrogen) atoms. The first-order valence-electron chi connectivity index (χ1n) is 5.08. The molecule has 84 valence electrons. The second-order valence-electron chi connectivity index (χ2n) is 3.82. The average molecular weight is 213 g/mol. The molecule has 0 radical (unpaired) electrons. The van der Waals surface area contributed by atoms with Crippen LogP contribution in [0, 0.1) is 0 Å². The van der Waals surface area contributed by atoms with Gasteiger partial charge in [0.1, 0.15) is 0 Å². The largest absolute Gasteiger partial charge is 0.478 e. The van der Waals surface area contributed by atoms with Gasteiger partial charge in [0.25, 0.3) is 0 Å². The van der Waals surface area contributed by atoms with Gasteiger partial charge in [-0.15, -0.1) is 0 Å². The summed E-state index contributed by atoms with van der Waals surface area (Å²) < 4.78 is 10.9. The number of fused-ring (bicyclic) bond motifs is 2. The molecule has 2 aliphatic heterocycles. The van der Waals surface area contributed by atoms with Crippen molar-refractivity contribution in [1.29, 1.82) is 0 Å². The van der Waals surface area contributed by atoms with Crippen molar-refractivity contribution in [2.24, 2.45) is 0 Å². The zero-order valence-electron chi connectivity index (χ0n) is 8.46. The van der Waals surface area contributed by atoms with Crippen LogP contribution in [0.3, 0.4) is 0 Å². The molecule has 2 fully saturated rings. The van der Waals surface area contributed by atoms with E-state index in [0.717, 1.165) is 0 Å². The van der Waals surface area contributed by atoms with Crippen molar-refractivity contribution in [2.45, 2.75) is 12.1 Å². The summed E-state index contributed by atoms with van der Waals surface area (Å²) in [6, 6.07) is 0.548. The van der Waals surface area contributed by atoms with Gasteiger partial charge in [0.2, 0.25) is 0 Å². The van der Waals surface area contributed by atoms with E-state index in [1.54, 1.807) is 6.08 Å². The van der Waals surface area contributed by atoms with E-state index in [4.69, 9.17) is 14.6 Å². The molecule has 1 N–H and O–H groups in total. The molecule has 0 spiro atoms. The molecular weight excluding hydrogens is 198 g/mol. The quantitative estimate of drug-likeness (QED) is 0.654. The van der Waals surface area contributed by atoms with Crippen LogP contribution >= 0.6 is 0 Å². The second-order valence-corrected chi connectivity index (χ2v) is 3.82. The van der Waals surface area contributed by atoms with Crippen LogP contribution in [-0.2, 0) is 14.3 Å². The summed E-state index contributed by atoms with van der Waals surface area (Å²) in [6.45, 7) is 3.37. The number of carboxylic acid groups (broad SMARTS) is 1. The molecule has 0 amide bonds. The Bertz CT molecular complexity index is 244. The van der Waals surface area contributed by atoms with Crippen LogP contribution in [0.5, 0.6) is 0 Å². The standard InChI is InChI=1S/C10H15NO4/c12-10(13)2-1-3-11-8-4-14-6-9(11)7-15-5-8/h1-2,8-9H,3-7H2,(H,12,13)/b2-1+. The minimum Gasteiger partial charge on any atom is -0.478 e. The van der Waals surface area contributed by atoms with Gasteiger partial charge in [0.15, 0.2) is 0 Å². The van der Waals surface area contributed by atoms with Crippen molar-refractivity contribution in [1.82, 2.24) is 4.90 Å². The summed E-state index contributed by atoms with van der Waals surface area (Å²) in [7, 11) is 0. The van der Waals surface area contributed by atoms with Crippen LogP contribution < -0.4 is 0 Å². The van der Waals surface area contributed by atoms with Crippen molar-refractivity contribution in [2.75, 3.05) is 33.0 Å². The maximum absolute atomic E-state index is 10.3. The number of carbonyl (C=O) groups is 1. The molecule has 2 bridgehead atoms. The fourth-order valence-corrected chi connectivity index (χ4v) is 2.03. The maximum atomic E-state index is 10.3. The third-order valence-electron chi connectivity index (χ3n) is 2.76. The van der Waals surface area contributed by atoms with E-state index in [0.29, 0.717) is 33.0 Å². The van der Waals surface area contributed by atoms with Gasteiger partial charge < -0.3 is 14.6 Å². The van der Waals surface area contributed by atoms with Gasteiger partial charge in [-0.3, -0.25) is 4.90 Å². The van der Waals surface area contributed by atoms with E-state index in [-0.39, 0.29) is 12.1 Å². The first kappa shape index (κ1) is 10.6. The lowest BCUT2D eigenvalue weighted by atomic mass is 10.1. The number of hydrogen-bond donors (Lipinski definition) is 1. The summed E-state index contributed by atoms with van der Waals surface area (Å²) >= 11 is 0. The van der Waals surface area contributed by atoms with Crippen LogP contribution in [0.4, 0.5) is 0 Å². The number of aliphatic carboxylic acids is 1. The Balaban J connectivity index is 1.92. The summed E-state index contributed by atoms with van der Waals surface area (Å²) in [5, 5.41) is 8.49. The van der Waals surface area contributed by atoms with Gasteiger partial charge in [-0.2, -0.15) is 0 Å². The van der Waals surface area contributed by atoms with Crippen LogP contribution in [0.25, 0.3) is 0 Å². The highest BCUT2D eigenvalue weighted by molar-refractivity contribution is 5.79. The SMILES string of the molecule is O=C(O)/C=C/CN1C2COCC1COC2. The smallest absolute Gasteiger partial charge is 0.328 e. The predicted molar refractivity (Wildman–Crippen MR) is 52.7 cm³/mol. The van der Waals surface area contributed by atoms with Gasteiger partial charge in [-0.05, 0) is 0 Å². The molecule has 2 saturated heterocycles. The minimum absolute atomic E-state index is 0.274. The highest BCUT2D eigenvalue weighted by Crippen LogP contribution is 2.18. The number of rotatable bonds is 3. The summed E-state index contributed by atoms with van der Waals surface area (Å²) in [5.41, 5.74) is 0. The number of morpholine rings is 2. The fourth-order valence-electron chi connectivity index (χ4n) is 2.03. The molecule has 2 rings (SSSR count). The molecular formula is C10H15NO4. The molecule has 2 heterocycles. The number of carboxylic acids is 1. The first-order chi connectivity index (χ1) is 7.27. The van der Waals surface area contributed by atoms with Crippen LogP contribution in [0.15, 0.2) is 12.2 Å². The molecule has 0 unspecified atom stereocenters. The molecule has 0 aliphatic carbocycles.